The van der Waals surface area contributed by atoms with Gasteiger partial charge < -0.3 is 0 Å². The summed E-state index contributed by atoms with van der Waals surface area (Å²) in [5.74, 6) is 0. The molecule has 8 rings (SSSR count). The van der Waals surface area contributed by atoms with Crippen molar-refractivity contribution in [2.45, 2.75) is 0 Å². The van der Waals surface area contributed by atoms with Gasteiger partial charge in [0.25, 0.3) is 0 Å². The van der Waals surface area contributed by atoms with Crippen molar-refractivity contribution >= 4 is 61.3 Å². The Morgan fingerprint density at radius 1 is 0.425 bits per heavy atom. The molecule has 188 valence electrons. The van der Waals surface area contributed by atoms with Crippen LogP contribution in [0.1, 0.15) is 0 Å². The third-order valence-electron chi connectivity index (χ3n) is 8.39. The number of benzene rings is 6. The summed E-state index contributed by atoms with van der Waals surface area (Å²) in [5, 5.41) is 13.5. The minimum absolute atomic E-state index is 1.31. The highest BCUT2D eigenvalue weighted by Crippen LogP contribution is 2.50. The summed E-state index contributed by atoms with van der Waals surface area (Å²) in [5.41, 5.74) is 2.69. The van der Waals surface area contributed by atoms with Gasteiger partial charge >= 0.3 is 0 Å². The smallest absolute Gasteiger partial charge is 0.00135 e. The predicted octanol–water partition coefficient (Wildman–Crippen LogP) is 6.60. The quantitative estimate of drug-likeness (QED) is 0.180. The highest BCUT2D eigenvalue weighted by molar-refractivity contribution is 7.96. The molecule has 2 aliphatic rings. The van der Waals surface area contributed by atoms with Gasteiger partial charge in [-0.15, -0.1) is 0 Å². The highest BCUT2D eigenvalue weighted by atomic mass is 31.2. The molecule has 0 amide bonds. The first kappa shape index (κ1) is 23.3. The van der Waals surface area contributed by atoms with E-state index >= 15 is 0 Å². The van der Waals surface area contributed by atoms with Gasteiger partial charge in [-0.2, -0.15) is 0 Å². The molecule has 0 radical (unpaired) electrons. The number of fused-ring (bicyclic) bond motifs is 7. The fraction of sp³-hybridized carbons (Fsp3) is 0. The van der Waals surface area contributed by atoms with Crippen LogP contribution >= 0.6 is 6.89 Å². The SMILES string of the molecule is C1=CC(=P(c2ccccc2)(c2ccccc2)c2ccccc2)C2=c3c(c4ccccc4c4ccccc34)=CC2=C1. The van der Waals surface area contributed by atoms with Gasteiger partial charge in [0, 0.05) is 0 Å². The number of hydrogen-bond acceptors (Lipinski definition) is 0. The third-order valence-corrected chi connectivity index (χ3v) is 12.7. The van der Waals surface area contributed by atoms with Crippen LogP contribution in [0.4, 0.5) is 0 Å². The van der Waals surface area contributed by atoms with Gasteiger partial charge in [-0.3, -0.25) is 0 Å². The Labute approximate surface area is 234 Å². The first-order valence-electron chi connectivity index (χ1n) is 13.9. The molecule has 0 bridgehead atoms. The molecule has 0 aromatic heterocycles. The summed E-state index contributed by atoms with van der Waals surface area (Å²) >= 11 is 0. The lowest BCUT2D eigenvalue weighted by atomic mass is 9.95. The van der Waals surface area contributed by atoms with Crippen molar-refractivity contribution in [3.05, 3.63) is 174 Å². The molecule has 1 heteroatoms. The Bertz CT molecular complexity index is 2080. The second-order valence-electron chi connectivity index (χ2n) is 10.4. The maximum Gasteiger partial charge on any atom is -0.00135 e. The van der Waals surface area contributed by atoms with Crippen LogP contribution in [0.25, 0.3) is 33.2 Å². The number of rotatable bonds is 3. The second-order valence-corrected chi connectivity index (χ2v) is 13.8. The lowest BCUT2D eigenvalue weighted by molar-refractivity contribution is 1.65. The van der Waals surface area contributed by atoms with E-state index < -0.39 is 6.89 Å². The first-order chi connectivity index (χ1) is 19.9. The summed E-state index contributed by atoms with van der Waals surface area (Å²) in [6, 6.07) is 51.4. The number of allylic oxidation sites excluding steroid dienone is 4. The largest absolute Gasteiger partial charge is 0.0622 e. The number of hydrogen-bond donors (Lipinski definition) is 0. The molecule has 40 heavy (non-hydrogen) atoms. The molecule has 0 heterocycles. The van der Waals surface area contributed by atoms with E-state index in [9.17, 15) is 0 Å². The molecule has 0 fully saturated rings. The molecule has 2 aliphatic carbocycles. The van der Waals surface area contributed by atoms with E-state index in [0.29, 0.717) is 0 Å². The van der Waals surface area contributed by atoms with E-state index in [1.54, 1.807) is 0 Å². The van der Waals surface area contributed by atoms with Crippen LogP contribution in [0.15, 0.2) is 163 Å². The third kappa shape index (κ3) is 3.27. The average molecular weight is 527 g/mol. The Balaban J connectivity index is 1.70. The summed E-state index contributed by atoms with van der Waals surface area (Å²) in [6.07, 6.45) is 9.41. The first-order valence-corrected chi connectivity index (χ1v) is 15.6. The van der Waals surface area contributed by atoms with E-state index in [4.69, 9.17) is 0 Å². The van der Waals surface area contributed by atoms with Crippen LogP contribution in [0.2, 0.25) is 0 Å². The standard InChI is InChI=1S/C39H27P/c1-4-16-29(17-5-1)40(30-18-6-2-7-19-30,31-20-8-3-9-21-31)37-26-14-15-28-27-36-34-24-11-10-22-32(34)33-23-12-13-25-35(33)39(36)38(28)37/h1-27H. The molecule has 0 spiro atoms. The van der Waals surface area contributed by atoms with Crippen LogP contribution in [0, 0.1) is 0 Å². The molecule has 6 aromatic carbocycles. The lowest BCUT2D eigenvalue weighted by Gasteiger charge is -2.33. The average Bonchev–Trinajstić information content (AvgIpc) is 3.44. The van der Waals surface area contributed by atoms with Crippen molar-refractivity contribution in [1.82, 2.24) is 0 Å². The van der Waals surface area contributed by atoms with E-state index in [-0.39, 0.29) is 0 Å². The highest BCUT2D eigenvalue weighted by Gasteiger charge is 2.33. The predicted molar refractivity (Wildman–Crippen MR) is 176 cm³/mol. The van der Waals surface area contributed by atoms with Crippen LogP contribution in [0.3, 0.4) is 0 Å². The maximum atomic E-state index is 2.43. The van der Waals surface area contributed by atoms with Crippen LogP contribution in [0.5, 0.6) is 0 Å². The molecular formula is C39H27P. The zero-order valence-corrected chi connectivity index (χ0v) is 22.9. The Kier molecular flexibility index (Phi) is 5.37. The van der Waals surface area contributed by atoms with Crippen molar-refractivity contribution in [3.8, 4) is 0 Å². The van der Waals surface area contributed by atoms with Crippen molar-refractivity contribution in [2.24, 2.45) is 0 Å². The van der Waals surface area contributed by atoms with Gasteiger partial charge in [0.1, 0.15) is 0 Å². The van der Waals surface area contributed by atoms with Gasteiger partial charge in [0.05, 0.1) is 0 Å². The molecule has 0 unspecified atom stereocenters. The summed E-state index contributed by atoms with van der Waals surface area (Å²) in [4.78, 5) is 0. The molecule has 0 saturated heterocycles. The van der Waals surface area contributed by atoms with Gasteiger partial charge in [-0.25, -0.2) is 0 Å². The minimum Gasteiger partial charge on any atom is -0.0622 e. The topological polar surface area (TPSA) is 0 Å². The van der Waals surface area contributed by atoms with Crippen LogP contribution in [-0.4, -0.2) is 5.29 Å². The maximum absolute atomic E-state index is 2.43. The van der Waals surface area contributed by atoms with Crippen LogP contribution < -0.4 is 26.4 Å². The molecule has 0 nitrogen and oxygen atoms in total. The van der Waals surface area contributed by atoms with Gasteiger partial charge in [0.2, 0.25) is 0 Å². The fourth-order valence-corrected chi connectivity index (χ4v) is 11.3. The summed E-state index contributed by atoms with van der Waals surface area (Å²) in [7, 11) is 0. The molecule has 0 aliphatic heterocycles. The Morgan fingerprint density at radius 2 is 0.875 bits per heavy atom. The van der Waals surface area contributed by atoms with E-state index in [1.807, 2.05) is 0 Å². The summed E-state index contributed by atoms with van der Waals surface area (Å²) in [6.45, 7) is -2.26. The van der Waals surface area contributed by atoms with Crippen molar-refractivity contribution < 1.29 is 0 Å². The van der Waals surface area contributed by atoms with Crippen molar-refractivity contribution in [2.75, 3.05) is 0 Å². The van der Waals surface area contributed by atoms with Crippen molar-refractivity contribution in [1.29, 1.82) is 0 Å². The van der Waals surface area contributed by atoms with Gasteiger partial charge in [0.15, 0.2) is 0 Å². The zero-order valence-electron chi connectivity index (χ0n) is 22.0. The molecular weight excluding hydrogens is 499 g/mol. The van der Waals surface area contributed by atoms with Crippen molar-refractivity contribution in [3.63, 3.8) is 0 Å². The Hall–Kier alpha value is -4.64. The minimum atomic E-state index is -2.26. The van der Waals surface area contributed by atoms with E-state index in [2.05, 4.69) is 164 Å². The van der Waals surface area contributed by atoms with Gasteiger partial charge in [-0.1, -0.05) is 158 Å². The normalized spacial score (nSPS) is 14.2. The van der Waals surface area contributed by atoms with Gasteiger partial charge in [-0.05, 0) is 77.3 Å². The fourth-order valence-electron chi connectivity index (χ4n) is 6.79. The van der Waals surface area contributed by atoms with Crippen LogP contribution in [-0.2, 0) is 0 Å². The summed E-state index contributed by atoms with van der Waals surface area (Å²) < 4.78 is 0. The van der Waals surface area contributed by atoms with E-state index in [0.717, 1.165) is 0 Å². The molecule has 0 atom stereocenters. The molecule has 6 aromatic rings. The zero-order chi connectivity index (χ0) is 26.5. The van der Waals surface area contributed by atoms with E-state index in [1.165, 1.54) is 64.3 Å². The monoisotopic (exact) mass is 526 g/mol. The Morgan fingerprint density at radius 3 is 1.43 bits per heavy atom. The lowest BCUT2D eigenvalue weighted by Crippen LogP contribution is -2.33. The molecule has 0 saturated carbocycles. The second kappa shape index (κ2) is 9.23. The molecule has 0 N–H and O–H groups in total.